The molecule has 0 bridgehead atoms. The van der Waals surface area contributed by atoms with Gasteiger partial charge >= 0.3 is 5.97 Å². The molecule has 0 spiro atoms. The molecule has 1 N–H and O–H groups in total. The van der Waals surface area contributed by atoms with Crippen LogP contribution in [0.2, 0.25) is 0 Å². The molecular formula is C18H15N3O2. The average molecular weight is 305 g/mol. The Labute approximate surface area is 133 Å². The second-order valence-corrected chi connectivity index (χ2v) is 5.14. The molecule has 0 saturated heterocycles. The van der Waals surface area contributed by atoms with E-state index in [2.05, 4.69) is 10.1 Å². The van der Waals surface area contributed by atoms with E-state index in [1.165, 1.54) is 6.08 Å². The maximum Gasteiger partial charge on any atom is 0.328 e. The van der Waals surface area contributed by atoms with Gasteiger partial charge in [-0.05, 0) is 36.3 Å². The first-order chi connectivity index (χ1) is 11.1. The molecule has 5 heteroatoms. The van der Waals surface area contributed by atoms with E-state index in [0.717, 1.165) is 22.4 Å². The molecule has 3 aromatic rings. The first-order valence-electron chi connectivity index (χ1n) is 7.10. The first-order valence-corrected chi connectivity index (χ1v) is 7.10. The molecule has 23 heavy (non-hydrogen) atoms. The average Bonchev–Trinajstić information content (AvgIpc) is 3.05. The zero-order chi connectivity index (χ0) is 16.2. The third-order valence-electron chi connectivity index (χ3n) is 3.47. The quantitative estimate of drug-likeness (QED) is 0.750. The molecule has 0 unspecified atom stereocenters. The lowest BCUT2D eigenvalue weighted by atomic mass is 10.1. The van der Waals surface area contributed by atoms with Crippen LogP contribution in [0.25, 0.3) is 22.4 Å². The molecule has 0 amide bonds. The van der Waals surface area contributed by atoms with Crippen LogP contribution in [0, 0.1) is 0 Å². The summed E-state index contributed by atoms with van der Waals surface area (Å²) in [4.78, 5) is 15.0. The zero-order valence-corrected chi connectivity index (χ0v) is 12.5. The fraction of sp³-hybridized carbons (Fsp3) is 0.0556. The molecule has 1 aromatic carbocycles. The van der Waals surface area contributed by atoms with Crippen LogP contribution < -0.4 is 0 Å². The van der Waals surface area contributed by atoms with Gasteiger partial charge in [-0.2, -0.15) is 5.10 Å². The molecule has 0 aliphatic rings. The SMILES string of the molecule is C/C(=C\C(=O)O)c1cncc(-c2cnn(-c3ccccc3)c2)c1. The molecule has 0 aliphatic carbocycles. The van der Waals surface area contributed by atoms with Crippen LogP contribution in [0.15, 0.2) is 67.3 Å². The first kappa shape index (κ1) is 14.7. The zero-order valence-electron chi connectivity index (χ0n) is 12.5. The predicted octanol–water partition coefficient (Wildman–Crippen LogP) is 3.42. The highest BCUT2D eigenvalue weighted by Crippen LogP contribution is 2.23. The molecule has 114 valence electrons. The Morgan fingerprint density at radius 3 is 2.65 bits per heavy atom. The minimum Gasteiger partial charge on any atom is -0.478 e. The third kappa shape index (κ3) is 3.35. The lowest BCUT2D eigenvalue weighted by molar-refractivity contribution is -0.131. The van der Waals surface area contributed by atoms with Crippen LogP contribution in [0.1, 0.15) is 12.5 Å². The maximum absolute atomic E-state index is 10.8. The van der Waals surface area contributed by atoms with Gasteiger partial charge in [-0.25, -0.2) is 9.48 Å². The summed E-state index contributed by atoms with van der Waals surface area (Å²) >= 11 is 0. The van der Waals surface area contributed by atoms with Crippen molar-refractivity contribution in [2.75, 3.05) is 0 Å². The summed E-state index contributed by atoms with van der Waals surface area (Å²) in [5.41, 5.74) is 4.22. The number of carboxylic acids is 1. The van der Waals surface area contributed by atoms with Gasteiger partial charge in [-0.1, -0.05) is 18.2 Å². The van der Waals surface area contributed by atoms with E-state index < -0.39 is 5.97 Å². The Bertz CT molecular complexity index is 867. The number of rotatable bonds is 4. The lowest BCUT2D eigenvalue weighted by Gasteiger charge is -2.03. The lowest BCUT2D eigenvalue weighted by Crippen LogP contribution is -1.92. The number of carbonyl (C=O) groups is 1. The highest BCUT2D eigenvalue weighted by Gasteiger charge is 2.06. The van der Waals surface area contributed by atoms with Gasteiger partial charge in [0.25, 0.3) is 0 Å². The Kier molecular flexibility index (Phi) is 4.01. The maximum atomic E-state index is 10.8. The number of aliphatic carboxylic acids is 1. The van der Waals surface area contributed by atoms with Gasteiger partial charge in [-0.3, -0.25) is 4.98 Å². The molecule has 0 atom stereocenters. The van der Waals surface area contributed by atoms with E-state index in [-0.39, 0.29) is 0 Å². The third-order valence-corrected chi connectivity index (χ3v) is 3.47. The molecule has 0 saturated carbocycles. The monoisotopic (exact) mass is 305 g/mol. The summed E-state index contributed by atoms with van der Waals surface area (Å²) in [5, 5.41) is 13.2. The van der Waals surface area contributed by atoms with Gasteiger partial charge in [0.05, 0.1) is 11.9 Å². The van der Waals surface area contributed by atoms with E-state index in [0.29, 0.717) is 5.57 Å². The van der Waals surface area contributed by atoms with E-state index in [9.17, 15) is 4.79 Å². The molecule has 0 fully saturated rings. The van der Waals surface area contributed by atoms with Crippen molar-refractivity contribution in [3.05, 3.63) is 72.8 Å². The van der Waals surface area contributed by atoms with Crippen LogP contribution in [-0.4, -0.2) is 25.8 Å². The molecule has 2 aromatic heterocycles. The standard InChI is InChI=1S/C18H15N3O2/c1-13(7-18(22)23)14-8-15(10-19-9-14)16-11-20-21(12-16)17-5-3-2-4-6-17/h2-12H,1H3,(H,22,23)/b13-7+. The number of aromatic nitrogens is 3. The van der Waals surface area contributed by atoms with E-state index in [4.69, 9.17) is 5.11 Å². The van der Waals surface area contributed by atoms with Gasteiger partial charge in [-0.15, -0.1) is 0 Å². The molecule has 5 nitrogen and oxygen atoms in total. The smallest absolute Gasteiger partial charge is 0.328 e. The van der Waals surface area contributed by atoms with E-state index in [1.54, 1.807) is 30.2 Å². The Hall–Kier alpha value is -3.21. The van der Waals surface area contributed by atoms with Gasteiger partial charge in [0.2, 0.25) is 0 Å². The van der Waals surface area contributed by atoms with Gasteiger partial charge in [0, 0.05) is 35.8 Å². The van der Waals surface area contributed by atoms with E-state index >= 15 is 0 Å². The van der Waals surface area contributed by atoms with Gasteiger partial charge in [0.15, 0.2) is 0 Å². The topological polar surface area (TPSA) is 68.0 Å². The van der Waals surface area contributed by atoms with Crippen LogP contribution in [-0.2, 0) is 4.79 Å². The summed E-state index contributed by atoms with van der Waals surface area (Å²) in [6.07, 6.45) is 8.26. The van der Waals surface area contributed by atoms with Gasteiger partial charge in [0.1, 0.15) is 0 Å². The van der Waals surface area contributed by atoms with Crippen molar-refractivity contribution in [2.45, 2.75) is 6.92 Å². The van der Waals surface area contributed by atoms with Crippen LogP contribution in [0.3, 0.4) is 0 Å². The number of nitrogens with zero attached hydrogens (tertiary/aromatic N) is 3. The fourth-order valence-electron chi connectivity index (χ4n) is 2.28. The van der Waals surface area contributed by atoms with Crippen molar-refractivity contribution >= 4 is 11.5 Å². The van der Waals surface area contributed by atoms with Gasteiger partial charge < -0.3 is 5.11 Å². The summed E-state index contributed by atoms with van der Waals surface area (Å²) < 4.78 is 1.79. The number of carboxylic acid groups (broad SMARTS) is 1. The van der Waals surface area contributed by atoms with Crippen molar-refractivity contribution in [3.63, 3.8) is 0 Å². The fourth-order valence-corrected chi connectivity index (χ4v) is 2.28. The number of hydrogen-bond acceptors (Lipinski definition) is 3. The van der Waals surface area contributed by atoms with Crippen LogP contribution in [0.5, 0.6) is 0 Å². The number of allylic oxidation sites excluding steroid dienone is 1. The normalized spacial score (nSPS) is 11.4. The molecule has 3 rings (SSSR count). The molecule has 0 aliphatic heterocycles. The van der Waals surface area contributed by atoms with Crippen molar-refractivity contribution in [2.24, 2.45) is 0 Å². The van der Waals surface area contributed by atoms with Crippen molar-refractivity contribution < 1.29 is 9.90 Å². The summed E-state index contributed by atoms with van der Waals surface area (Å²) in [6.45, 7) is 1.75. The van der Waals surface area contributed by atoms with Crippen LogP contribution >= 0.6 is 0 Å². The molecule has 2 heterocycles. The second-order valence-electron chi connectivity index (χ2n) is 5.14. The van der Waals surface area contributed by atoms with Crippen molar-refractivity contribution in [3.8, 4) is 16.8 Å². The minimum absolute atomic E-state index is 0.655. The van der Waals surface area contributed by atoms with Crippen LogP contribution in [0.4, 0.5) is 0 Å². The highest BCUT2D eigenvalue weighted by atomic mass is 16.4. The number of hydrogen-bond donors (Lipinski definition) is 1. The van der Waals surface area contributed by atoms with Crippen molar-refractivity contribution in [1.82, 2.24) is 14.8 Å². The Morgan fingerprint density at radius 2 is 1.91 bits per heavy atom. The van der Waals surface area contributed by atoms with E-state index in [1.807, 2.05) is 42.6 Å². The summed E-state index contributed by atoms with van der Waals surface area (Å²) in [7, 11) is 0. The second kappa shape index (κ2) is 6.27. The van der Waals surface area contributed by atoms with Crippen molar-refractivity contribution in [1.29, 1.82) is 0 Å². The highest BCUT2D eigenvalue weighted by molar-refractivity contribution is 5.89. The predicted molar refractivity (Wildman–Crippen MR) is 88.1 cm³/mol. The minimum atomic E-state index is -0.968. The summed E-state index contributed by atoms with van der Waals surface area (Å²) in [6, 6.07) is 11.7. The Morgan fingerprint density at radius 1 is 1.13 bits per heavy atom. The number of pyridine rings is 1. The largest absolute Gasteiger partial charge is 0.478 e. The molecular weight excluding hydrogens is 290 g/mol. The summed E-state index contributed by atoms with van der Waals surface area (Å²) in [5.74, 6) is -0.968. The number of benzene rings is 1. The molecule has 0 radical (unpaired) electrons. The Balaban J connectivity index is 1.94. The number of para-hydroxylation sites is 1.